The highest BCUT2D eigenvalue weighted by Crippen LogP contribution is 2.32. The van der Waals surface area contributed by atoms with Crippen LogP contribution in [-0.4, -0.2) is 44.1 Å². The number of aromatic nitrogens is 5. The number of nitrogens with zero attached hydrogens (tertiary/aromatic N) is 6. The van der Waals surface area contributed by atoms with E-state index in [1.165, 1.54) is 10.6 Å². The Bertz CT molecular complexity index is 1430. The van der Waals surface area contributed by atoms with Gasteiger partial charge in [-0.15, -0.1) is 5.10 Å². The van der Waals surface area contributed by atoms with Crippen molar-refractivity contribution < 1.29 is 9.13 Å². The fraction of sp³-hybridized carbons (Fsp3) is 0.304. The molecule has 170 valence electrons. The molecule has 0 spiro atoms. The minimum atomic E-state index is -0.496. The highest BCUT2D eigenvalue weighted by atomic mass is 35.5. The van der Waals surface area contributed by atoms with Gasteiger partial charge in [-0.1, -0.05) is 11.6 Å². The molecule has 0 amide bonds. The molecule has 33 heavy (non-hydrogen) atoms. The van der Waals surface area contributed by atoms with Gasteiger partial charge in [0, 0.05) is 52.8 Å². The van der Waals surface area contributed by atoms with E-state index in [4.69, 9.17) is 16.3 Å². The first-order chi connectivity index (χ1) is 15.8. The van der Waals surface area contributed by atoms with E-state index < -0.39 is 5.82 Å². The predicted octanol–water partition coefficient (Wildman–Crippen LogP) is 3.48. The molecular weight excluding hydrogens is 447 g/mol. The zero-order valence-electron chi connectivity index (χ0n) is 18.4. The summed E-state index contributed by atoms with van der Waals surface area (Å²) < 4.78 is 23.9. The van der Waals surface area contributed by atoms with Crippen molar-refractivity contribution >= 4 is 23.1 Å². The number of hydrogen-bond donors (Lipinski definition) is 0. The first-order valence-corrected chi connectivity index (χ1v) is 10.9. The Kier molecular flexibility index (Phi) is 5.38. The van der Waals surface area contributed by atoms with Gasteiger partial charge in [0.25, 0.3) is 5.56 Å². The lowest BCUT2D eigenvalue weighted by Crippen LogP contribution is -2.39. The van der Waals surface area contributed by atoms with Crippen LogP contribution in [0.1, 0.15) is 22.9 Å². The van der Waals surface area contributed by atoms with Crippen molar-refractivity contribution in [2.45, 2.75) is 20.0 Å². The number of halogens is 2. The lowest BCUT2D eigenvalue weighted by molar-refractivity contribution is 0.0394. The van der Waals surface area contributed by atoms with Gasteiger partial charge < -0.3 is 9.64 Å². The fourth-order valence-electron chi connectivity index (χ4n) is 4.02. The molecule has 10 heteroatoms. The quantitative estimate of drug-likeness (QED) is 0.458. The monoisotopic (exact) mass is 468 g/mol. The van der Waals surface area contributed by atoms with E-state index in [9.17, 15) is 9.18 Å². The molecule has 1 aromatic carbocycles. The molecule has 1 atom stereocenters. The molecule has 5 rings (SSSR count). The van der Waals surface area contributed by atoms with Crippen LogP contribution in [-0.2, 0) is 11.8 Å². The van der Waals surface area contributed by atoms with E-state index in [0.717, 1.165) is 5.56 Å². The van der Waals surface area contributed by atoms with Gasteiger partial charge in [-0.2, -0.15) is 9.61 Å². The van der Waals surface area contributed by atoms with Crippen LogP contribution in [0.5, 0.6) is 0 Å². The predicted molar refractivity (Wildman–Crippen MR) is 123 cm³/mol. The Balaban J connectivity index is 1.67. The molecule has 1 aliphatic heterocycles. The maximum absolute atomic E-state index is 14.9. The second kappa shape index (κ2) is 8.24. The molecule has 0 N–H and O–H groups in total. The summed E-state index contributed by atoms with van der Waals surface area (Å²) in [7, 11) is 1.85. The summed E-state index contributed by atoms with van der Waals surface area (Å²) in [5, 5.41) is 9.13. The van der Waals surface area contributed by atoms with E-state index in [2.05, 4.69) is 15.2 Å². The van der Waals surface area contributed by atoms with Crippen molar-refractivity contribution in [3.63, 3.8) is 0 Å². The molecule has 0 bridgehead atoms. The Morgan fingerprint density at radius 2 is 2.03 bits per heavy atom. The third kappa shape index (κ3) is 3.87. The third-order valence-electron chi connectivity index (χ3n) is 5.96. The van der Waals surface area contributed by atoms with Crippen LogP contribution in [0.4, 0.5) is 10.2 Å². The van der Waals surface area contributed by atoms with Crippen molar-refractivity contribution in [2.75, 3.05) is 24.6 Å². The molecule has 0 aliphatic carbocycles. The van der Waals surface area contributed by atoms with E-state index in [0.29, 0.717) is 58.6 Å². The summed E-state index contributed by atoms with van der Waals surface area (Å²) in [6.07, 6.45) is 3.49. The number of benzene rings is 1. The summed E-state index contributed by atoms with van der Waals surface area (Å²) in [5.41, 5.74) is 2.81. The smallest absolute Gasteiger partial charge is 0.277 e. The lowest BCUT2D eigenvalue weighted by Gasteiger charge is -2.33. The molecular formula is C23H22ClFN6O2. The van der Waals surface area contributed by atoms with E-state index in [1.807, 2.05) is 18.1 Å². The summed E-state index contributed by atoms with van der Waals surface area (Å²) in [6, 6.07) is 6.23. The van der Waals surface area contributed by atoms with Crippen LogP contribution < -0.4 is 10.5 Å². The Morgan fingerprint density at radius 1 is 1.21 bits per heavy atom. The standard InChI is InChI=1S/C23H22ClFN6O2/c1-13-14(2)27-22-18(17-5-4-16(24)8-19(17)25)9-21(28-31(22)23(13)32)30-6-7-33-20(12-30)15-10-26-29(3)11-15/h4-5,8-11,20H,6-7,12H2,1-3H3/t20-/m1/s1. The minimum absolute atomic E-state index is 0.199. The molecule has 1 saturated heterocycles. The fourth-order valence-corrected chi connectivity index (χ4v) is 4.18. The Labute approximate surface area is 194 Å². The largest absolute Gasteiger partial charge is 0.370 e. The lowest BCUT2D eigenvalue weighted by atomic mass is 10.1. The van der Waals surface area contributed by atoms with Crippen molar-refractivity contribution in [2.24, 2.45) is 7.05 Å². The number of anilines is 1. The summed E-state index contributed by atoms with van der Waals surface area (Å²) in [5.74, 6) is 0.0421. The second-order valence-electron chi connectivity index (χ2n) is 8.16. The van der Waals surface area contributed by atoms with Crippen LogP contribution in [0.3, 0.4) is 0 Å². The topological polar surface area (TPSA) is 77.6 Å². The van der Waals surface area contributed by atoms with Gasteiger partial charge >= 0.3 is 0 Å². The average molecular weight is 469 g/mol. The van der Waals surface area contributed by atoms with Gasteiger partial charge in [-0.05, 0) is 38.1 Å². The molecule has 0 saturated carbocycles. The molecule has 0 unspecified atom stereocenters. The minimum Gasteiger partial charge on any atom is -0.370 e. The Hall–Kier alpha value is -3.30. The van der Waals surface area contributed by atoms with Crippen LogP contribution in [0, 0.1) is 19.7 Å². The maximum atomic E-state index is 14.9. The van der Waals surface area contributed by atoms with Gasteiger partial charge in [0.15, 0.2) is 11.5 Å². The molecule has 1 fully saturated rings. The van der Waals surface area contributed by atoms with Crippen LogP contribution >= 0.6 is 11.6 Å². The van der Waals surface area contributed by atoms with E-state index >= 15 is 0 Å². The number of fused-ring (bicyclic) bond motifs is 1. The molecule has 4 aromatic rings. The van der Waals surface area contributed by atoms with E-state index in [-0.39, 0.29) is 11.7 Å². The maximum Gasteiger partial charge on any atom is 0.277 e. The van der Waals surface area contributed by atoms with Gasteiger partial charge in [0.1, 0.15) is 11.9 Å². The number of morpholine rings is 1. The van der Waals surface area contributed by atoms with E-state index in [1.54, 1.807) is 42.9 Å². The third-order valence-corrected chi connectivity index (χ3v) is 6.19. The number of rotatable bonds is 3. The van der Waals surface area contributed by atoms with Crippen molar-refractivity contribution in [3.8, 4) is 11.1 Å². The van der Waals surface area contributed by atoms with Crippen molar-refractivity contribution in [1.82, 2.24) is 24.4 Å². The highest BCUT2D eigenvalue weighted by Gasteiger charge is 2.26. The first-order valence-electron chi connectivity index (χ1n) is 10.5. The van der Waals surface area contributed by atoms with Gasteiger partial charge in [-0.25, -0.2) is 9.37 Å². The number of ether oxygens (including phenoxy) is 1. The summed E-state index contributed by atoms with van der Waals surface area (Å²) >= 11 is 5.97. The average Bonchev–Trinajstić information content (AvgIpc) is 3.24. The van der Waals surface area contributed by atoms with Crippen LogP contribution in [0.25, 0.3) is 16.8 Å². The molecule has 3 aromatic heterocycles. The zero-order valence-corrected chi connectivity index (χ0v) is 19.2. The van der Waals surface area contributed by atoms with Crippen LogP contribution in [0.15, 0.2) is 41.5 Å². The first kappa shape index (κ1) is 21.5. The summed E-state index contributed by atoms with van der Waals surface area (Å²) in [6.45, 7) is 5.03. The summed E-state index contributed by atoms with van der Waals surface area (Å²) in [4.78, 5) is 19.7. The van der Waals surface area contributed by atoms with Gasteiger partial charge in [0.05, 0.1) is 19.3 Å². The second-order valence-corrected chi connectivity index (χ2v) is 8.59. The normalized spacial score (nSPS) is 16.5. The number of hydrogen-bond acceptors (Lipinski definition) is 6. The van der Waals surface area contributed by atoms with Gasteiger partial charge in [0.2, 0.25) is 0 Å². The molecule has 0 radical (unpaired) electrons. The molecule has 1 aliphatic rings. The molecule has 4 heterocycles. The van der Waals surface area contributed by atoms with Gasteiger partial charge in [-0.3, -0.25) is 9.48 Å². The SMILES string of the molecule is Cc1nc2c(-c3ccc(Cl)cc3F)cc(N3CCO[C@@H](c4cnn(C)c4)C3)nn2c(=O)c1C. The Morgan fingerprint density at radius 3 is 2.76 bits per heavy atom. The zero-order chi connectivity index (χ0) is 23.3. The highest BCUT2D eigenvalue weighted by molar-refractivity contribution is 6.30. The molecule has 8 nitrogen and oxygen atoms in total. The van der Waals surface area contributed by atoms with Crippen molar-refractivity contribution in [1.29, 1.82) is 0 Å². The van der Waals surface area contributed by atoms with Crippen molar-refractivity contribution in [3.05, 3.63) is 74.7 Å². The van der Waals surface area contributed by atoms with Crippen LogP contribution in [0.2, 0.25) is 5.02 Å². The number of aryl methyl sites for hydroxylation is 2.